The summed E-state index contributed by atoms with van der Waals surface area (Å²) in [6.07, 6.45) is 3.40. The molecule has 0 radical (unpaired) electrons. The summed E-state index contributed by atoms with van der Waals surface area (Å²) in [5, 5.41) is 0.753. The molecule has 7 heteroatoms. The van der Waals surface area contributed by atoms with Gasteiger partial charge in [0.15, 0.2) is 0 Å². The zero-order chi connectivity index (χ0) is 24.0. The van der Waals surface area contributed by atoms with Crippen LogP contribution in [0.3, 0.4) is 0 Å². The first-order valence-corrected chi connectivity index (χ1v) is 16.1. The van der Waals surface area contributed by atoms with Gasteiger partial charge in [-0.25, -0.2) is 12.4 Å². The van der Waals surface area contributed by atoms with Crippen molar-refractivity contribution in [2.75, 3.05) is 0 Å². The van der Waals surface area contributed by atoms with E-state index in [0.717, 1.165) is 40.2 Å². The van der Waals surface area contributed by atoms with Gasteiger partial charge < -0.3 is 0 Å². The number of rotatable bonds is 6. The number of nitrogens with zero attached hydrogens (tertiary/aromatic N) is 1. The highest BCUT2D eigenvalue weighted by Crippen LogP contribution is 2.43. The normalized spacial score (nSPS) is 15.0. The van der Waals surface area contributed by atoms with Gasteiger partial charge in [-0.15, -0.1) is 0 Å². The first-order valence-electron chi connectivity index (χ1n) is 11.7. The SMILES string of the molecule is Cc1ccc(S(=O)(=O)n2c([Si](C(C)C)(C(C)C)C(C)C)c(Br)c3c(c2=O)CCCC3)cc1. The minimum Gasteiger partial charge on any atom is -0.268 e. The Kier molecular flexibility index (Phi) is 7.33. The Balaban J connectivity index is 2.56. The van der Waals surface area contributed by atoms with Crippen LogP contribution in [0, 0.1) is 6.92 Å². The van der Waals surface area contributed by atoms with Crippen LogP contribution in [-0.4, -0.2) is 20.5 Å². The van der Waals surface area contributed by atoms with Crippen LogP contribution in [0.4, 0.5) is 0 Å². The van der Waals surface area contributed by atoms with E-state index < -0.39 is 18.1 Å². The quantitative estimate of drug-likeness (QED) is 0.429. The average molecular weight is 539 g/mol. The molecule has 2 aromatic rings. The van der Waals surface area contributed by atoms with Gasteiger partial charge in [-0.05, 0) is 82.9 Å². The lowest BCUT2D eigenvalue weighted by atomic mass is 9.93. The van der Waals surface area contributed by atoms with Crippen LogP contribution in [0.25, 0.3) is 0 Å². The summed E-state index contributed by atoms with van der Waals surface area (Å²) >= 11 is 3.88. The van der Waals surface area contributed by atoms with Crippen molar-refractivity contribution in [2.24, 2.45) is 0 Å². The van der Waals surface area contributed by atoms with Gasteiger partial charge in [0.2, 0.25) is 0 Å². The number of aromatic nitrogens is 1. The summed E-state index contributed by atoms with van der Waals surface area (Å²) in [6.45, 7) is 15.1. The molecule has 0 spiro atoms. The van der Waals surface area contributed by atoms with Crippen molar-refractivity contribution in [3.05, 3.63) is 55.8 Å². The average Bonchev–Trinajstić information content (AvgIpc) is 2.71. The Hall–Kier alpha value is -1.18. The molecule has 3 rings (SSSR count). The summed E-state index contributed by atoms with van der Waals surface area (Å²) < 4.78 is 30.3. The molecular formula is C25H36BrNO3SSi. The maximum Gasteiger partial charge on any atom is 0.270 e. The Bertz CT molecular complexity index is 1140. The molecule has 0 N–H and O–H groups in total. The van der Waals surface area contributed by atoms with Crippen LogP contribution in [0.15, 0.2) is 38.4 Å². The maximum absolute atomic E-state index is 14.1. The van der Waals surface area contributed by atoms with E-state index in [0.29, 0.717) is 12.0 Å². The molecular weight excluding hydrogens is 502 g/mol. The molecule has 176 valence electrons. The first-order chi connectivity index (χ1) is 14.9. The highest BCUT2D eigenvalue weighted by atomic mass is 79.9. The van der Waals surface area contributed by atoms with Crippen molar-refractivity contribution < 1.29 is 8.42 Å². The Morgan fingerprint density at radius 3 is 1.81 bits per heavy atom. The number of pyridine rings is 1. The summed E-state index contributed by atoms with van der Waals surface area (Å²) in [7, 11) is -6.55. The molecule has 1 heterocycles. The summed E-state index contributed by atoms with van der Waals surface area (Å²) in [6, 6.07) is 6.83. The van der Waals surface area contributed by atoms with E-state index in [2.05, 4.69) is 57.5 Å². The van der Waals surface area contributed by atoms with E-state index in [1.54, 1.807) is 24.3 Å². The lowest BCUT2D eigenvalue weighted by molar-refractivity contribution is 0.584. The van der Waals surface area contributed by atoms with Gasteiger partial charge in [-0.2, -0.15) is 0 Å². The van der Waals surface area contributed by atoms with Crippen LogP contribution in [0.5, 0.6) is 0 Å². The molecule has 0 aliphatic heterocycles. The van der Waals surface area contributed by atoms with Gasteiger partial charge in [0.25, 0.3) is 15.6 Å². The number of benzene rings is 1. The fourth-order valence-corrected chi connectivity index (χ4v) is 16.6. The highest BCUT2D eigenvalue weighted by molar-refractivity contribution is 9.10. The monoisotopic (exact) mass is 537 g/mol. The Labute approximate surface area is 202 Å². The number of halogens is 1. The third-order valence-electron chi connectivity index (χ3n) is 7.42. The second kappa shape index (κ2) is 9.22. The van der Waals surface area contributed by atoms with Gasteiger partial charge in [0, 0.05) is 15.4 Å². The number of hydrogen-bond acceptors (Lipinski definition) is 3. The third-order valence-corrected chi connectivity index (χ3v) is 17.5. The lowest BCUT2D eigenvalue weighted by Gasteiger charge is -2.45. The molecule has 32 heavy (non-hydrogen) atoms. The van der Waals surface area contributed by atoms with Crippen LogP contribution >= 0.6 is 15.9 Å². The molecule has 1 aromatic carbocycles. The molecule has 0 bridgehead atoms. The number of hydrogen-bond donors (Lipinski definition) is 0. The smallest absolute Gasteiger partial charge is 0.268 e. The molecule has 0 fully saturated rings. The maximum atomic E-state index is 14.1. The number of fused-ring (bicyclic) bond motifs is 1. The standard InChI is InChI=1S/C25H36BrNO3SSi/c1-16(2)32(17(3)4,18(5)6)25-23(26)21-10-8-9-11-22(21)24(28)27(25)31(29,30)20-14-12-19(7)13-15-20/h12-18H,8-11H2,1-7H3. The van der Waals surface area contributed by atoms with Gasteiger partial charge in [0.1, 0.15) is 8.07 Å². The van der Waals surface area contributed by atoms with Gasteiger partial charge >= 0.3 is 0 Å². The molecule has 1 aliphatic carbocycles. The zero-order valence-corrected chi connectivity index (χ0v) is 23.7. The van der Waals surface area contributed by atoms with Crippen molar-refractivity contribution in [1.29, 1.82) is 0 Å². The Morgan fingerprint density at radius 2 is 1.34 bits per heavy atom. The molecule has 1 aliphatic rings. The fourth-order valence-electron chi connectivity index (χ4n) is 6.07. The van der Waals surface area contributed by atoms with Crippen molar-refractivity contribution in [2.45, 2.75) is 95.7 Å². The van der Waals surface area contributed by atoms with E-state index in [-0.39, 0.29) is 27.1 Å². The first kappa shape index (κ1) is 25.4. The molecule has 0 saturated carbocycles. The van der Waals surface area contributed by atoms with Crippen LogP contribution in [0.1, 0.15) is 71.1 Å². The van der Waals surface area contributed by atoms with Gasteiger partial charge in [0.05, 0.1) is 4.90 Å². The van der Waals surface area contributed by atoms with Gasteiger partial charge in [-0.1, -0.05) is 59.2 Å². The number of aryl methyl sites for hydroxylation is 1. The molecule has 0 amide bonds. The van der Waals surface area contributed by atoms with Crippen LogP contribution in [0.2, 0.25) is 16.6 Å². The van der Waals surface area contributed by atoms with Gasteiger partial charge in [-0.3, -0.25) is 4.79 Å². The third kappa shape index (κ3) is 3.88. The van der Waals surface area contributed by atoms with Crippen molar-refractivity contribution in [1.82, 2.24) is 3.97 Å². The molecule has 0 unspecified atom stereocenters. The van der Waals surface area contributed by atoms with Crippen molar-refractivity contribution >= 4 is 39.3 Å². The largest absolute Gasteiger partial charge is 0.270 e. The predicted molar refractivity (Wildman–Crippen MR) is 139 cm³/mol. The van der Waals surface area contributed by atoms with Crippen molar-refractivity contribution in [3.63, 3.8) is 0 Å². The summed E-state index contributed by atoms with van der Waals surface area (Å²) in [5.74, 6) is 0. The van der Waals surface area contributed by atoms with E-state index >= 15 is 0 Å². The van der Waals surface area contributed by atoms with E-state index in [9.17, 15) is 13.2 Å². The van der Waals surface area contributed by atoms with Crippen molar-refractivity contribution in [3.8, 4) is 0 Å². The molecule has 1 aromatic heterocycles. The van der Waals surface area contributed by atoms with Crippen LogP contribution < -0.4 is 10.9 Å². The molecule has 4 nitrogen and oxygen atoms in total. The van der Waals surface area contributed by atoms with E-state index in [1.807, 2.05) is 6.92 Å². The molecule has 0 saturated heterocycles. The minimum absolute atomic E-state index is 0.174. The lowest BCUT2D eigenvalue weighted by Crippen LogP contribution is -2.63. The zero-order valence-electron chi connectivity index (χ0n) is 20.3. The minimum atomic E-state index is -4.05. The highest BCUT2D eigenvalue weighted by Gasteiger charge is 2.50. The second-order valence-electron chi connectivity index (χ2n) is 10.1. The summed E-state index contributed by atoms with van der Waals surface area (Å²) in [4.78, 5) is 14.1. The van der Waals surface area contributed by atoms with Crippen LogP contribution in [-0.2, 0) is 22.9 Å². The predicted octanol–water partition coefficient (Wildman–Crippen LogP) is 5.92. The fraction of sp³-hybridized carbons (Fsp3) is 0.560. The summed E-state index contributed by atoms with van der Waals surface area (Å²) in [5.41, 5.74) is 3.14. The molecule has 0 atom stereocenters. The van der Waals surface area contributed by atoms with E-state index in [1.165, 1.54) is 3.97 Å². The van der Waals surface area contributed by atoms with E-state index in [4.69, 9.17) is 0 Å². The second-order valence-corrected chi connectivity index (χ2v) is 18.5. The topological polar surface area (TPSA) is 56.1 Å². The Morgan fingerprint density at radius 1 is 0.875 bits per heavy atom.